The Labute approximate surface area is 98.4 Å². The van der Waals surface area contributed by atoms with E-state index in [2.05, 4.69) is 33.4 Å². The highest BCUT2D eigenvalue weighted by molar-refractivity contribution is 9.10. The first kappa shape index (κ1) is 10.7. The van der Waals surface area contributed by atoms with Crippen molar-refractivity contribution in [2.24, 2.45) is 0 Å². The molecule has 1 heterocycles. The van der Waals surface area contributed by atoms with Crippen LogP contribution in [0.15, 0.2) is 22.7 Å². The quantitative estimate of drug-likeness (QED) is 0.847. The zero-order valence-corrected chi connectivity index (χ0v) is 10.0. The summed E-state index contributed by atoms with van der Waals surface area (Å²) < 4.78 is 1.07. The maximum absolute atomic E-state index is 8.78. The lowest BCUT2D eigenvalue weighted by Crippen LogP contribution is -2.28. The molecule has 1 unspecified atom stereocenters. The van der Waals surface area contributed by atoms with Gasteiger partial charge in [-0.2, -0.15) is 5.26 Å². The fourth-order valence-electron chi connectivity index (χ4n) is 2.05. The average molecular weight is 265 g/mol. The Morgan fingerprint density at radius 1 is 1.47 bits per heavy atom. The zero-order chi connectivity index (χ0) is 10.7. The Morgan fingerprint density at radius 3 is 2.93 bits per heavy atom. The molecule has 1 atom stereocenters. The van der Waals surface area contributed by atoms with Gasteiger partial charge in [0.15, 0.2) is 0 Å². The molecule has 0 amide bonds. The Morgan fingerprint density at radius 2 is 2.33 bits per heavy atom. The number of nitriles is 1. The van der Waals surface area contributed by atoms with Crippen LogP contribution in [0.4, 0.5) is 0 Å². The van der Waals surface area contributed by atoms with Crippen LogP contribution in [0.1, 0.15) is 29.9 Å². The molecule has 2 rings (SSSR count). The highest BCUT2D eigenvalue weighted by Crippen LogP contribution is 2.30. The number of benzene rings is 1. The molecule has 0 saturated carbocycles. The Bertz CT molecular complexity index is 389. The minimum Gasteiger partial charge on any atom is -0.316 e. The van der Waals surface area contributed by atoms with Gasteiger partial charge < -0.3 is 5.32 Å². The third-order valence-electron chi connectivity index (χ3n) is 2.87. The number of piperidine rings is 1. The van der Waals surface area contributed by atoms with Crippen LogP contribution in [-0.2, 0) is 0 Å². The van der Waals surface area contributed by atoms with Crippen molar-refractivity contribution in [3.8, 4) is 6.07 Å². The molecule has 1 N–H and O–H groups in total. The molecule has 78 valence electrons. The van der Waals surface area contributed by atoms with Gasteiger partial charge in [0.25, 0.3) is 0 Å². The molecule has 1 aliphatic rings. The average Bonchev–Trinajstić information content (AvgIpc) is 2.30. The van der Waals surface area contributed by atoms with E-state index in [1.165, 1.54) is 18.4 Å². The van der Waals surface area contributed by atoms with E-state index in [1.807, 2.05) is 12.1 Å². The van der Waals surface area contributed by atoms with Crippen molar-refractivity contribution < 1.29 is 0 Å². The summed E-state index contributed by atoms with van der Waals surface area (Å²) in [6.45, 7) is 2.18. The minimum atomic E-state index is 0.584. The molecular formula is C12H13BrN2. The fraction of sp³-hybridized carbons (Fsp3) is 0.417. The van der Waals surface area contributed by atoms with E-state index < -0.39 is 0 Å². The number of nitrogens with one attached hydrogen (secondary N) is 1. The van der Waals surface area contributed by atoms with Gasteiger partial charge in [-0.15, -0.1) is 0 Å². The van der Waals surface area contributed by atoms with Crippen molar-refractivity contribution in [2.45, 2.75) is 18.8 Å². The van der Waals surface area contributed by atoms with Crippen molar-refractivity contribution in [2.75, 3.05) is 13.1 Å². The van der Waals surface area contributed by atoms with Crippen LogP contribution in [0, 0.1) is 11.3 Å². The predicted octanol–water partition coefficient (Wildman–Crippen LogP) is 2.79. The van der Waals surface area contributed by atoms with Crippen molar-refractivity contribution in [3.05, 3.63) is 33.8 Å². The second-order valence-electron chi connectivity index (χ2n) is 3.89. The van der Waals surface area contributed by atoms with Gasteiger partial charge in [-0.25, -0.2) is 0 Å². The van der Waals surface area contributed by atoms with Gasteiger partial charge in [0.2, 0.25) is 0 Å². The SMILES string of the molecule is N#Cc1ccc(C2CCCNC2)c(Br)c1. The summed E-state index contributed by atoms with van der Waals surface area (Å²) in [5.74, 6) is 0.584. The van der Waals surface area contributed by atoms with Crippen molar-refractivity contribution in [1.29, 1.82) is 5.26 Å². The Hall–Kier alpha value is -0.850. The van der Waals surface area contributed by atoms with Crippen LogP contribution in [0.25, 0.3) is 0 Å². The highest BCUT2D eigenvalue weighted by atomic mass is 79.9. The van der Waals surface area contributed by atoms with E-state index in [9.17, 15) is 0 Å². The number of nitrogens with zero attached hydrogens (tertiary/aromatic N) is 1. The third-order valence-corrected chi connectivity index (χ3v) is 3.55. The van der Waals surface area contributed by atoms with Gasteiger partial charge >= 0.3 is 0 Å². The lowest BCUT2D eigenvalue weighted by Gasteiger charge is -2.24. The molecule has 0 spiro atoms. The third kappa shape index (κ3) is 2.39. The molecule has 1 saturated heterocycles. The van der Waals surface area contributed by atoms with Gasteiger partial charge in [-0.1, -0.05) is 22.0 Å². The van der Waals surface area contributed by atoms with Crippen molar-refractivity contribution in [1.82, 2.24) is 5.32 Å². The maximum atomic E-state index is 8.78. The monoisotopic (exact) mass is 264 g/mol. The van der Waals surface area contributed by atoms with E-state index in [1.54, 1.807) is 0 Å². The topological polar surface area (TPSA) is 35.8 Å². The first-order valence-electron chi connectivity index (χ1n) is 5.21. The summed E-state index contributed by atoms with van der Waals surface area (Å²) in [6.07, 6.45) is 2.47. The van der Waals surface area contributed by atoms with Crippen LogP contribution in [0.5, 0.6) is 0 Å². The Balaban J connectivity index is 2.24. The summed E-state index contributed by atoms with van der Waals surface area (Å²) in [6, 6.07) is 8.03. The molecule has 1 aromatic carbocycles. The molecule has 1 aliphatic heterocycles. The molecule has 0 radical (unpaired) electrons. The molecule has 0 aromatic heterocycles. The van der Waals surface area contributed by atoms with Crippen LogP contribution >= 0.6 is 15.9 Å². The predicted molar refractivity (Wildman–Crippen MR) is 63.7 cm³/mol. The maximum Gasteiger partial charge on any atom is 0.0992 e. The van der Waals surface area contributed by atoms with E-state index in [0.717, 1.165) is 23.1 Å². The molecular weight excluding hydrogens is 252 g/mol. The summed E-state index contributed by atoms with van der Waals surface area (Å²) in [7, 11) is 0. The van der Waals surface area contributed by atoms with Crippen LogP contribution in [0.3, 0.4) is 0 Å². The highest BCUT2D eigenvalue weighted by Gasteiger charge is 2.17. The van der Waals surface area contributed by atoms with E-state index in [4.69, 9.17) is 5.26 Å². The van der Waals surface area contributed by atoms with Gasteiger partial charge in [-0.3, -0.25) is 0 Å². The first-order chi connectivity index (χ1) is 7.31. The number of halogens is 1. The molecule has 2 nitrogen and oxygen atoms in total. The van der Waals surface area contributed by atoms with Gasteiger partial charge in [0.05, 0.1) is 11.6 Å². The number of hydrogen-bond donors (Lipinski definition) is 1. The Kier molecular flexibility index (Phi) is 3.40. The van der Waals surface area contributed by atoms with Crippen LogP contribution < -0.4 is 5.32 Å². The lowest BCUT2D eigenvalue weighted by atomic mass is 9.91. The second-order valence-corrected chi connectivity index (χ2v) is 4.75. The normalized spacial score (nSPS) is 20.9. The summed E-state index contributed by atoms with van der Waals surface area (Å²) in [4.78, 5) is 0. The largest absolute Gasteiger partial charge is 0.316 e. The zero-order valence-electron chi connectivity index (χ0n) is 8.46. The van der Waals surface area contributed by atoms with Gasteiger partial charge in [0.1, 0.15) is 0 Å². The van der Waals surface area contributed by atoms with Crippen LogP contribution in [-0.4, -0.2) is 13.1 Å². The smallest absolute Gasteiger partial charge is 0.0992 e. The first-order valence-corrected chi connectivity index (χ1v) is 6.01. The summed E-state index contributed by atoms with van der Waals surface area (Å²) >= 11 is 3.54. The van der Waals surface area contributed by atoms with Crippen molar-refractivity contribution in [3.63, 3.8) is 0 Å². The molecule has 3 heteroatoms. The van der Waals surface area contributed by atoms with Crippen molar-refractivity contribution >= 4 is 15.9 Å². The van der Waals surface area contributed by atoms with Gasteiger partial charge in [-0.05, 0) is 43.0 Å². The van der Waals surface area contributed by atoms with E-state index in [0.29, 0.717) is 5.92 Å². The molecule has 1 fully saturated rings. The minimum absolute atomic E-state index is 0.584. The lowest BCUT2D eigenvalue weighted by molar-refractivity contribution is 0.460. The van der Waals surface area contributed by atoms with Crippen LogP contribution in [0.2, 0.25) is 0 Å². The molecule has 1 aromatic rings. The summed E-state index contributed by atoms with van der Waals surface area (Å²) in [5, 5.41) is 12.2. The molecule has 15 heavy (non-hydrogen) atoms. The molecule has 0 bridgehead atoms. The molecule has 0 aliphatic carbocycles. The second kappa shape index (κ2) is 4.78. The van der Waals surface area contributed by atoms with E-state index in [-0.39, 0.29) is 0 Å². The van der Waals surface area contributed by atoms with E-state index >= 15 is 0 Å². The fourth-order valence-corrected chi connectivity index (χ4v) is 2.75. The van der Waals surface area contributed by atoms with Gasteiger partial charge in [0, 0.05) is 11.0 Å². The standard InChI is InChI=1S/C12H13BrN2/c13-12-6-9(7-14)3-4-11(12)10-2-1-5-15-8-10/h3-4,6,10,15H,1-2,5,8H2. The number of hydrogen-bond acceptors (Lipinski definition) is 2. The summed E-state index contributed by atoms with van der Waals surface area (Å²) in [5.41, 5.74) is 2.04. The number of rotatable bonds is 1.